The van der Waals surface area contributed by atoms with Crippen molar-refractivity contribution in [2.45, 2.75) is 38.9 Å². The van der Waals surface area contributed by atoms with Gasteiger partial charge in [-0.25, -0.2) is 8.42 Å². The predicted molar refractivity (Wildman–Crippen MR) is 76.0 cm³/mol. The standard InChI is InChI=1S/C13H20O3S2/c1-10(2)11(3)18(15,16)9-5-6-12(14)13-7-4-8-17-13/h4,7-8,10-11H,5-6,9H2,1-3H3. The number of ketones is 1. The molecule has 1 aromatic heterocycles. The third-order valence-electron chi connectivity index (χ3n) is 3.13. The lowest BCUT2D eigenvalue weighted by atomic mass is 10.2. The molecule has 0 saturated heterocycles. The first-order valence-corrected chi connectivity index (χ1v) is 8.72. The average molecular weight is 288 g/mol. The van der Waals surface area contributed by atoms with E-state index in [1.165, 1.54) is 11.3 Å². The normalized spacial score (nSPS) is 13.8. The van der Waals surface area contributed by atoms with Crippen molar-refractivity contribution in [2.75, 3.05) is 5.75 Å². The van der Waals surface area contributed by atoms with E-state index in [4.69, 9.17) is 0 Å². The van der Waals surface area contributed by atoms with Crippen molar-refractivity contribution >= 4 is 27.0 Å². The van der Waals surface area contributed by atoms with Crippen LogP contribution in [-0.4, -0.2) is 25.2 Å². The van der Waals surface area contributed by atoms with Crippen molar-refractivity contribution in [3.05, 3.63) is 22.4 Å². The molecular formula is C13H20O3S2. The number of hydrogen-bond donors (Lipinski definition) is 0. The van der Waals surface area contributed by atoms with Crippen molar-refractivity contribution in [3.8, 4) is 0 Å². The molecule has 0 bridgehead atoms. The number of Topliss-reactive ketones (excluding diaryl/α,β-unsaturated/α-hetero) is 1. The SMILES string of the molecule is CC(C)C(C)S(=O)(=O)CCCC(=O)c1cccs1. The molecule has 0 aromatic carbocycles. The number of sulfone groups is 1. The summed E-state index contributed by atoms with van der Waals surface area (Å²) in [4.78, 5) is 12.4. The van der Waals surface area contributed by atoms with Crippen molar-refractivity contribution in [3.63, 3.8) is 0 Å². The van der Waals surface area contributed by atoms with Gasteiger partial charge in [0.1, 0.15) is 0 Å². The zero-order valence-corrected chi connectivity index (χ0v) is 12.7. The van der Waals surface area contributed by atoms with Crippen LogP contribution in [0.3, 0.4) is 0 Å². The van der Waals surface area contributed by atoms with Gasteiger partial charge in [-0.05, 0) is 30.7 Å². The number of hydrogen-bond acceptors (Lipinski definition) is 4. The molecule has 1 atom stereocenters. The summed E-state index contributed by atoms with van der Waals surface area (Å²) < 4.78 is 23.9. The largest absolute Gasteiger partial charge is 0.293 e. The van der Waals surface area contributed by atoms with E-state index < -0.39 is 9.84 Å². The molecule has 1 rings (SSSR count). The van der Waals surface area contributed by atoms with E-state index in [1.54, 1.807) is 13.0 Å². The maximum Gasteiger partial charge on any atom is 0.172 e. The summed E-state index contributed by atoms with van der Waals surface area (Å²) in [7, 11) is -3.07. The Labute approximate surface area is 113 Å². The quantitative estimate of drug-likeness (QED) is 0.724. The topological polar surface area (TPSA) is 51.2 Å². The summed E-state index contributed by atoms with van der Waals surface area (Å²) in [5.74, 6) is 0.254. The molecule has 0 aliphatic rings. The van der Waals surface area contributed by atoms with Crippen molar-refractivity contribution < 1.29 is 13.2 Å². The highest BCUT2D eigenvalue weighted by atomic mass is 32.2. The lowest BCUT2D eigenvalue weighted by Gasteiger charge is -2.15. The molecule has 0 aliphatic heterocycles. The summed E-state index contributed by atoms with van der Waals surface area (Å²) in [6.45, 7) is 5.54. The Hall–Kier alpha value is -0.680. The van der Waals surface area contributed by atoms with E-state index in [-0.39, 0.29) is 22.7 Å². The lowest BCUT2D eigenvalue weighted by Crippen LogP contribution is -2.26. The molecule has 1 heterocycles. The average Bonchev–Trinajstić information content (AvgIpc) is 2.80. The van der Waals surface area contributed by atoms with E-state index in [0.29, 0.717) is 17.7 Å². The van der Waals surface area contributed by atoms with Gasteiger partial charge in [0.25, 0.3) is 0 Å². The number of carbonyl (C=O) groups is 1. The van der Waals surface area contributed by atoms with E-state index in [2.05, 4.69) is 0 Å². The zero-order valence-electron chi connectivity index (χ0n) is 11.0. The molecule has 18 heavy (non-hydrogen) atoms. The predicted octanol–water partition coefficient (Wildman–Crippen LogP) is 3.17. The van der Waals surface area contributed by atoms with Gasteiger partial charge in [-0.3, -0.25) is 4.79 Å². The van der Waals surface area contributed by atoms with Crippen LogP contribution in [0.2, 0.25) is 0 Å². The third-order valence-corrected chi connectivity index (χ3v) is 6.58. The molecule has 0 radical (unpaired) electrons. The van der Waals surface area contributed by atoms with Gasteiger partial charge in [0.2, 0.25) is 0 Å². The van der Waals surface area contributed by atoms with Crippen LogP contribution in [0, 0.1) is 5.92 Å². The Balaban J connectivity index is 2.45. The minimum Gasteiger partial charge on any atom is -0.293 e. The molecule has 3 nitrogen and oxygen atoms in total. The summed E-state index contributed by atoms with van der Waals surface area (Å²) >= 11 is 1.40. The minimum absolute atomic E-state index is 0.0393. The second kappa shape index (κ2) is 6.48. The smallest absolute Gasteiger partial charge is 0.172 e. The van der Waals surface area contributed by atoms with Gasteiger partial charge in [0, 0.05) is 6.42 Å². The second-order valence-corrected chi connectivity index (χ2v) is 8.25. The van der Waals surface area contributed by atoms with Crippen LogP contribution in [0.15, 0.2) is 17.5 Å². The highest BCUT2D eigenvalue weighted by Gasteiger charge is 2.23. The second-order valence-electron chi connectivity index (χ2n) is 4.82. The maximum atomic E-state index is 11.9. The Bertz CT molecular complexity index is 472. The van der Waals surface area contributed by atoms with Gasteiger partial charge < -0.3 is 0 Å². The fraction of sp³-hybridized carbons (Fsp3) is 0.615. The molecular weight excluding hydrogens is 268 g/mol. The highest BCUT2D eigenvalue weighted by molar-refractivity contribution is 7.92. The van der Waals surface area contributed by atoms with Crippen LogP contribution in [0.25, 0.3) is 0 Å². The first-order valence-electron chi connectivity index (χ1n) is 6.13. The van der Waals surface area contributed by atoms with Crippen molar-refractivity contribution in [2.24, 2.45) is 5.92 Å². The number of carbonyl (C=O) groups excluding carboxylic acids is 1. The molecule has 5 heteroatoms. The van der Waals surface area contributed by atoms with E-state index >= 15 is 0 Å². The lowest BCUT2D eigenvalue weighted by molar-refractivity contribution is 0.0986. The summed E-state index contributed by atoms with van der Waals surface area (Å²) in [5, 5.41) is 1.51. The van der Waals surface area contributed by atoms with Crippen LogP contribution < -0.4 is 0 Å². The molecule has 1 aromatic rings. The van der Waals surface area contributed by atoms with Crippen LogP contribution in [-0.2, 0) is 9.84 Å². The molecule has 0 aliphatic carbocycles. The van der Waals surface area contributed by atoms with Gasteiger partial charge in [0.05, 0.1) is 15.9 Å². The zero-order chi connectivity index (χ0) is 13.8. The van der Waals surface area contributed by atoms with E-state index in [0.717, 1.165) is 0 Å². The van der Waals surface area contributed by atoms with Gasteiger partial charge >= 0.3 is 0 Å². The van der Waals surface area contributed by atoms with Crippen LogP contribution in [0.4, 0.5) is 0 Å². The van der Waals surface area contributed by atoms with Crippen molar-refractivity contribution in [1.82, 2.24) is 0 Å². The van der Waals surface area contributed by atoms with Gasteiger partial charge in [-0.1, -0.05) is 19.9 Å². The van der Waals surface area contributed by atoms with Gasteiger partial charge in [-0.2, -0.15) is 0 Å². The third kappa shape index (κ3) is 4.21. The van der Waals surface area contributed by atoms with E-state index in [9.17, 15) is 13.2 Å². The summed E-state index contributed by atoms with van der Waals surface area (Å²) in [5.41, 5.74) is 0. The van der Waals surface area contributed by atoms with Gasteiger partial charge in [0.15, 0.2) is 15.6 Å². The van der Waals surface area contributed by atoms with Crippen molar-refractivity contribution in [1.29, 1.82) is 0 Å². The van der Waals surface area contributed by atoms with E-state index in [1.807, 2.05) is 25.3 Å². The fourth-order valence-corrected chi connectivity index (χ4v) is 4.04. The number of thiophene rings is 1. The summed E-state index contributed by atoms with van der Waals surface area (Å²) in [6.07, 6.45) is 0.723. The van der Waals surface area contributed by atoms with Crippen LogP contribution in [0.5, 0.6) is 0 Å². The maximum absolute atomic E-state index is 11.9. The minimum atomic E-state index is -3.07. The van der Waals surface area contributed by atoms with Gasteiger partial charge in [-0.15, -0.1) is 11.3 Å². The first-order chi connectivity index (χ1) is 8.34. The Kier molecular flexibility index (Phi) is 5.53. The van der Waals surface area contributed by atoms with Crippen LogP contribution >= 0.6 is 11.3 Å². The molecule has 0 N–H and O–H groups in total. The molecule has 0 saturated carbocycles. The van der Waals surface area contributed by atoms with Crippen LogP contribution in [0.1, 0.15) is 43.3 Å². The molecule has 0 fully saturated rings. The monoisotopic (exact) mass is 288 g/mol. The Morgan fingerprint density at radius 1 is 1.33 bits per heavy atom. The Morgan fingerprint density at radius 3 is 2.50 bits per heavy atom. The molecule has 102 valence electrons. The molecule has 1 unspecified atom stereocenters. The molecule has 0 amide bonds. The summed E-state index contributed by atoms with van der Waals surface area (Å²) in [6, 6.07) is 3.60. The number of rotatable bonds is 7. The molecule has 0 spiro atoms. The fourth-order valence-electron chi connectivity index (χ4n) is 1.59. The highest BCUT2D eigenvalue weighted by Crippen LogP contribution is 2.16. The first kappa shape index (κ1) is 15.4. The Morgan fingerprint density at radius 2 is 2.00 bits per heavy atom.